The Kier molecular flexibility index (Phi) is 22.6. The van der Waals surface area contributed by atoms with Crippen molar-refractivity contribution in [2.75, 3.05) is 66.1 Å². The summed E-state index contributed by atoms with van der Waals surface area (Å²) in [7, 11) is -2.63. The lowest BCUT2D eigenvalue weighted by atomic mass is 10.2. The van der Waals surface area contributed by atoms with Gasteiger partial charge in [0, 0.05) is 7.11 Å². The summed E-state index contributed by atoms with van der Waals surface area (Å²) >= 11 is 0. The molecule has 176 valence electrons. The maximum absolute atomic E-state index is 11.1. The first kappa shape index (κ1) is 28.9. The Balaban J connectivity index is 3.06. The van der Waals surface area contributed by atoms with Gasteiger partial charge in [0.25, 0.3) is 0 Å². The maximum atomic E-state index is 11.1. The summed E-state index contributed by atoms with van der Waals surface area (Å²) in [6, 6.07) is 0. The lowest BCUT2D eigenvalue weighted by Crippen LogP contribution is -2.25. The van der Waals surface area contributed by atoms with E-state index in [2.05, 4.69) is 32.7 Å². The zero-order valence-electron chi connectivity index (χ0n) is 18.8. The zero-order chi connectivity index (χ0) is 21.5. The second-order valence-electron chi connectivity index (χ2n) is 7.31. The van der Waals surface area contributed by atoms with Crippen molar-refractivity contribution in [2.45, 2.75) is 64.7 Å². The van der Waals surface area contributed by atoms with Gasteiger partial charge >= 0.3 is 7.82 Å². The molecule has 0 amide bonds. The molecule has 1 unspecified atom stereocenters. The van der Waals surface area contributed by atoms with E-state index >= 15 is 0 Å². The summed E-state index contributed by atoms with van der Waals surface area (Å²) in [5.41, 5.74) is 0. The summed E-state index contributed by atoms with van der Waals surface area (Å²) in [4.78, 5) is 9.07. The summed E-state index contributed by atoms with van der Waals surface area (Å²) in [5.74, 6) is 0. The van der Waals surface area contributed by atoms with Crippen LogP contribution in [-0.4, -0.2) is 71.0 Å². The summed E-state index contributed by atoms with van der Waals surface area (Å²) in [6.07, 6.45) is 10.3. The molecular weight excluding hydrogens is 391 g/mol. The third kappa shape index (κ3) is 24.1. The number of phosphoric ester groups is 1. The molecule has 0 fully saturated rings. The summed E-state index contributed by atoms with van der Waals surface area (Å²) < 4.78 is 20.2. The number of hydrogen-bond donors (Lipinski definition) is 5. The fourth-order valence-electron chi connectivity index (χ4n) is 2.76. The van der Waals surface area contributed by atoms with Gasteiger partial charge in [-0.2, -0.15) is 0 Å². The average molecular weight is 439 g/mol. The second kappa shape index (κ2) is 22.6. The van der Waals surface area contributed by atoms with Gasteiger partial charge < -0.3 is 26.2 Å². The molecule has 0 aromatic rings. The van der Waals surface area contributed by atoms with Gasteiger partial charge in [0.15, 0.2) is 0 Å². The highest BCUT2D eigenvalue weighted by molar-refractivity contribution is 7.47. The van der Waals surface area contributed by atoms with Crippen LogP contribution >= 0.6 is 7.82 Å². The van der Waals surface area contributed by atoms with E-state index in [0.717, 1.165) is 71.6 Å². The maximum Gasteiger partial charge on any atom is 0.471 e. The SMILES string of the molecule is CCCCCNCCCNCCCCNCCCNCCCCOP(=O)(O)OC. The Labute approximate surface area is 178 Å². The molecule has 0 saturated carbocycles. The van der Waals surface area contributed by atoms with Crippen LogP contribution in [0.5, 0.6) is 0 Å². The lowest BCUT2D eigenvalue weighted by molar-refractivity contribution is 0.170. The standard InChI is InChI=1S/C20H47N4O4P/c1-3-4-5-12-21-16-10-17-22-13-6-7-14-23-18-11-19-24-15-8-9-20-28-29(25,26)27-2/h21-24H,3-20H2,1-2H3,(H,25,26). The average Bonchev–Trinajstić information content (AvgIpc) is 2.71. The molecule has 0 heterocycles. The van der Waals surface area contributed by atoms with Crippen molar-refractivity contribution in [3.05, 3.63) is 0 Å². The molecule has 0 rings (SSSR count). The van der Waals surface area contributed by atoms with Gasteiger partial charge in [0.1, 0.15) is 0 Å². The first-order valence-corrected chi connectivity index (χ1v) is 13.0. The van der Waals surface area contributed by atoms with Crippen molar-refractivity contribution in [3.8, 4) is 0 Å². The van der Waals surface area contributed by atoms with Crippen molar-refractivity contribution in [1.82, 2.24) is 21.3 Å². The molecule has 0 aromatic heterocycles. The molecular formula is C20H47N4O4P. The fourth-order valence-corrected chi connectivity index (χ4v) is 3.23. The second-order valence-corrected chi connectivity index (χ2v) is 8.87. The molecule has 0 aromatic carbocycles. The Morgan fingerprint density at radius 2 is 1.03 bits per heavy atom. The number of hydrogen-bond acceptors (Lipinski definition) is 7. The molecule has 0 saturated heterocycles. The quantitative estimate of drug-likeness (QED) is 0.116. The van der Waals surface area contributed by atoms with E-state index in [1.165, 1.54) is 45.6 Å². The van der Waals surface area contributed by atoms with Gasteiger partial charge in [0.05, 0.1) is 6.61 Å². The zero-order valence-corrected chi connectivity index (χ0v) is 19.7. The predicted octanol–water partition coefficient (Wildman–Crippen LogP) is 2.64. The Morgan fingerprint density at radius 1 is 0.655 bits per heavy atom. The van der Waals surface area contributed by atoms with Crippen molar-refractivity contribution in [2.24, 2.45) is 0 Å². The van der Waals surface area contributed by atoms with Crippen LogP contribution in [0.3, 0.4) is 0 Å². The number of phosphoric acid groups is 1. The van der Waals surface area contributed by atoms with Crippen molar-refractivity contribution >= 4 is 7.82 Å². The molecule has 9 heteroatoms. The molecule has 8 nitrogen and oxygen atoms in total. The molecule has 29 heavy (non-hydrogen) atoms. The minimum atomic E-state index is -3.80. The van der Waals surface area contributed by atoms with Crippen LogP contribution in [0.25, 0.3) is 0 Å². The van der Waals surface area contributed by atoms with Crippen LogP contribution in [0.1, 0.15) is 64.7 Å². The van der Waals surface area contributed by atoms with Crippen LogP contribution in [0.2, 0.25) is 0 Å². The summed E-state index contributed by atoms with van der Waals surface area (Å²) in [5, 5.41) is 13.9. The van der Waals surface area contributed by atoms with Crippen molar-refractivity contribution in [3.63, 3.8) is 0 Å². The van der Waals surface area contributed by atoms with Gasteiger partial charge in [-0.1, -0.05) is 19.8 Å². The van der Waals surface area contributed by atoms with Crippen LogP contribution in [0, 0.1) is 0 Å². The van der Waals surface area contributed by atoms with E-state index < -0.39 is 7.82 Å². The van der Waals surface area contributed by atoms with Gasteiger partial charge in [-0.05, 0) is 97.3 Å². The Hall–Kier alpha value is -0.0500. The highest BCUT2D eigenvalue weighted by atomic mass is 31.2. The van der Waals surface area contributed by atoms with Crippen molar-refractivity contribution < 1.29 is 18.5 Å². The van der Waals surface area contributed by atoms with Gasteiger partial charge in [0.2, 0.25) is 0 Å². The van der Waals surface area contributed by atoms with Crippen molar-refractivity contribution in [1.29, 1.82) is 0 Å². The third-order valence-corrected chi connectivity index (χ3v) is 5.53. The van der Waals surface area contributed by atoms with Crippen LogP contribution < -0.4 is 21.3 Å². The monoisotopic (exact) mass is 438 g/mol. The van der Waals surface area contributed by atoms with E-state index in [-0.39, 0.29) is 6.61 Å². The molecule has 0 spiro atoms. The van der Waals surface area contributed by atoms with Crippen LogP contribution in [0.15, 0.2) is 0 Å². The molecule has 0 aliphatic rings. The van der Waals surface area contributed by atoms with Gasteiger partial charge in [-0.15, -0.1) is 0 Å². The van der Waals surface area contributed by atoms with E-state index in [1.54, 1.807) is 0 Å². The third-order valence-electron chi connectivity index (χ3n) is 4.56. The molecule has 1 atom stereocenters. The smallest absolute Gasteiger partial charge is 0.317 e. The highest BCUT2D eigenvalue weighted by Crippen LogP contribution is 2.41. The number of rotatable bonds is 24. The molecule has 5 N–H and O–H groups in total. The number of nitrogens with one attached hydrogen (secondary N) is 4. The highest BCUT2D eigenvalue weighted by Gasteiger charge is 2.17. The largest absolute Gasteiger partial charge is 0.471 e. The van der Waals surface area contributed by atoms with Crippen LogP contribution in [0.4, 0.5) is 0 Å². The molecule has 0 aliphatic carbocycles. The first-order chi connectivity index (χ1) is 14.1. The molecule has 0 bridgehead atoms. The van der Waals surface area contributed by atoms with E-state index in [0.29, 0.717) is 0 Å². The van der Waals surface area contributed by atoms with Crippen LogP contribution in [-0.2, 0) is 13.6 Å². The first-order valence-electron chi connectivity index (χ1n) is 11.5. The van der Waals surface area contributed by atoms with E-state index in [9.17, 15) is 4.57 Å². The molecule has 0 radical (unpaired) electrons. The molecule has 0 aliphatic heterocycles. The summed E-state index contributed by atoms with van der Waals surface area (Å²) in [6.45, 7) is 11.0. The minimum absolute atomic E-state index is 0.246. The van der Waals surface area contributed by atoms with E-state index in [1.807, 2.05) is 0 Å². The lowest BCUT2D eigenvalue weighted by Gasteiger charge is -2.09. The Morgan fingerprint density at radius 3 is 1.45 bits per heavy atom. The van der Waals surface area contributed by atoms with Gasteiger partial charge in [-0.3, -0.25) is 9.05 Å². The minimum Gasteiger partial charge on any atom is -0.317 e. The topological polar surface area (TPSA) is 104 Å². The predicted molar refractivity (Wildman–Crippen MR) is 121 cm³/mol. The normalized spacial score (nSPS) is 13.6. The number of unbranched alkanes of at least 4 members (excludes halogenated alkanes) is 4. The fraction of sp³-hybridized carbons (Fsp3) is 1.00. The Bertz CT molecular complexity index is 378. The van der Waals surface area contributed by atoms with Gasteiger partial charge in [-0.25, -0.2) is 4.57 Å². The van der Waals surface area contributed by atoms with E-state index in [4.69, 9.17) is 9.42 Å².